The molecular formula is C10H9BF3KO3. The van der Waals surface area contributed by atoms with Gasteiger partial charge in [-0.05, 0) is 12.5 Å². The molecule has 8 heteroatoms. The zero-order chi connectivity index (χ0) is 13.2. The standard InChI is InChI=1S/C10H9BF3O3.K/c1-6-7(5-15)3-8(11(12,13)14)4-9(6)10(16)17-2;/h3-5H,1-2H3;/q-1;+1. The molecule has 1 rings (SSSR count). The number of hydrogen-bond donors (Lipinski definition) is 0. The van der Waals surface area contributed by atoms with Gasteiger partial charge in [-0.3, -0.25) is 4.79 Å². The van der Waals surface area contributed by atoms with E-state index in [9.17, 15) is 22.5 Å². The SMILES string of the molecule is COC(=O)c1cc([B-](F)(F)F)cc(C=O)c1C.[K+]. The Labute approximate surface area is 145 Å². The third kappa shape index (κ3) is 3.92. The van der Waals surface area contributed by atoms with E-state index in [0.717, 1.165) is 13.2 Å². The largest absolute Gasteiger partial charge is 1.00 e. The number of hydrogen-bond acceptors (Lipinski definition) is 3. The Bertz CT molecular complexity index is 474. The average Bonchev–Trinajstić information content (AvgIpc) is 2.26. The monoisotopic (exact) mass is 284 g/mol. The van der Waals surface area contributed by atoms with E-state index in [4.69, 9.17) is 0 Å². The Morgan fingerprint density at radius 3 is 2.28 bits per heavy atom. The van der Waals surface area contributed by atoms with Gasteiger partial charge >= 0.3 is 64.3 Å². The zero-order valence-electron chi connectivity index (χ0n) is 10.2. The first-order chi connectivity index (χ1) is 7.81. The molecule has 0 aliphatic heterocycles. The first-order valence-electron chi connectivity index (χ1n) is 4.69. The van der Waals surface area contributed by atoms with Crippen LogP contribution in [0.4, 0.5) is 12.9 Å². The minimum absolute atomic E-state index is 0. The smallest absolute Gasteiger partial charge is 0.465 e. The number of methoxy groups -OCH3 is 1. The van der Waals surface area contributed by atoms with Crippen molar-refractivity contribution in [3.8, 4) is 0 Å². The summed E-state index contributed by atoms with van der Waals surface area (Å²) in [7, 11) is 1.06. The van der Waals surface area contributed by atoms with E-state index in [1.54, 1.807) is 0 Å². The molecule has 0 radical (unpaired) electrons. The number of carbonyl (C=O) groups excluding carboxylic acids is 2. The molecular weight excluding hydrogens is 275 g/mol. The molecule has 1 aromatic rings. The molecule has 0 spiro atoms. The third-order valence-corrected chi connectivity index (χ3v) is 2.38. The van der Waals surface area contributed by atoms with E-state index < -0.39 is 18.4 Å². The minimum atomic E-state index is -5.27. The molecule has 0 heterocycles. The fourth-order valence-corrected chi connectivity index (χ4v) is 1.39. The summed E-state index contributed by atoms with van der Waals surface area (Å²) in [5, 5.41) is 0. The molecule has 0 aliphatic carbocycles. The van der Waals surface area contributed by atoms with Crippen molar-refractivity contribution in [2.45, 2.75) is 6.92 Å². The Balaban J connectivity index is 0.00000289. The van der Waals surface area contributed by atoms with E-state index >= 15 is 0 Å². The van der Waals surface area contributed by atoms with Crippen molar-refractivity contribution in [2.75, 3.05) is 7.11 Å². The summed E-state index contributed by atoms with van der Waals surface area (Å²) >= 11 is 0. The number of aldehydes is 1. The van der Waals surface area contributed by atoms with Crippen LogP contribution >= 0.6 is 0 Å². The second kappa shape index (κ2) is 6.86. The van der Waals surface area contributed by atoms with Gasteiger partial charge in [0.2, 0.25) is 0 Å². The van der Waals surface area contributed by atoms with E-state index in [2.05, 4.69) is 4.74 Å². The summed E-state index contributed by atoms with van der Waals surface area (Å²) < 4.78 is 42.1. The van der Waals surface area contributed by atoms with Crippen molar-refractivity contribution < 1.29 is 78.7 Å². The Hall–Kier alpha value is -0.149. The van der Waals surface area contributed by atoms with Crippen LogP contribution in [0.25, 0.3) is 0 Å². The fraction of sp³-hybridized carbons (Fsp3) is 0.200. The molecule has 0 unspecified atom stereocenters. The normalized spacial score (nSPS) is 10.5. The summed E-state index contributed by atoms with van der Waals surface area (Å²) in [6.07, 6.45) is 0.285. The molecule has 0 aromatic heterocycles. The van der Waals surface area contributed by atoms with Crippen LogP contribution in [0.3, 0.4) is 0 Å². The molecule has 1 aromatic carbocycles. The summed E-state index contributed by atoms with van der Waals surface area (Å²) in [4.78, 5) is 21.9. The van der Waals surface area contributed by atoms with Crippen LogP contribution in [0.2, 0.25) is 0 Å². The van der Waals surface area contributed by atoms with Crippen LogP contribution in [0, 0.1) is 6.92 Å². The number of halogens is 3. The molecule has 0 fully saturated rings. The van der Waals surface area contributed by atoms with Gasteiger partial charge in [-0.25, -0.2) is 4.79 Å². The second-order valence-corrected chi connectivity index (χ2v) is 3.47. The van der Waals surface area contributed by atoms with Gasteiger partial charge in [-0.15, -0.1) is 5.46 Å². The second-order valence-electron chi connectivity index (χ2n) is 3.47. The van der Waals surface area contributed by atoms with Crippen LogP contribution in [-0.2, 0) is 4.74 Å². The topological polar surface area (TPSA) is 43.4 Å². The first kappa shape index (κ1) is 17.9. The molecule has 0 saturated heterocycles. The fourth-order valence-electron chi connectivity index (χ4n) is 1.39. The van der Waals surface area contributed by atoms with Crippen molar-refractivity contribution in [3.63, 3.8) is 0 Å². The van der Waals surface area contributed by atoms with Crippen molar-refractivity contribution in [3.05, 3.63) is 28.8 Å². The first-order valence-corrected chi connectivity index (χ1v) is 4.69. The van der Waals surface area contributed by atoms with Crippen molar-refractivity contribution >= 4 is 24.7 Å². The van der Waals surface area contributed by atoms with Gasteiger partial charge in [0.25, 0.3) is 0 Å². The van der Waals surface area contributed by atoms with Gasteiger partial charge in [0.15, 0.2) is 0 Å². The van der Waals surface area contributed by atoms with Crippen molar-refractivity contribution in [1.29, 1.82) is 0 Å². The molecule has 0 atom stereocenters. The summed E-state index contributed by atoms with van der Waals surface area (Å²) in [5.41, 5.74) is -1.22. The molecule has 0 N–H and O–H groups in total. The number of ether oxygens (including phenoxy) is 1. The molecule has 0 amide bonds. The van der Waals surface area contributed by atoms with Crippen LogP contribution in [0.5, 0.6) is 0 Å². The van der Waals surface area contributed by atoms with Crippen molar-refractivity contribution in [1.82, 2.24) is 0 Å². The minimum Gasteiger partial charge on any atom is -0.465 e. The summed E-state index contributed by atoms with van der Waals surface area (Å²) in [6.45, 7) is -3.87. The zero-order valence-corrected chi connectivity index (χ0v) is 13.3. The maximum Gasteiger partial charge on any atom is 1.00 e. The number of esters is 1. The molecule has 0 bridgehead atoms. The quantitative estimate of drug-likeness (QED) is 0.392. The van der Waals surface area contributed by atoms with E-state index in [1.807, 2.05) is 0 Å². The van der Waals surface area contributed by atoms with E-state index in [-0.39, 0.29) is 74.4 Å². The summed E-state index contributed by atoms with van der Waals surface area (Å²) in [6, 6.07) is 1.43. The Morgan fingerprint density at radius 1 is 1.33 bits per heavy atom. The van der Waals surface area contributed by atoms with Crippen LogP contribution < -0.4 is 56.8 Å². The third-order valence-electron chi connectivity index (χ3n) is 2.38. The maximum atomic E-state index is 12.6. The molecule has 3 nitrogen and oxygen atoms in total. The van der Waals surface area contributed by atoms with Crippen LogP contribution in [0.15, 0.2) is 12.1 Å². The van der Waals surface area contributed by atoms with Gasteiger partial charge in [-0.1, -0.05) is 12.1 Å². The van der Waals surface area contributed by atoms with Crippen molar-refractivity contribution in [2.24, 2.45) is 0 Å². The average molecular weight is 284 g/mol. The molecule has 18 heavy (non-hydrogen) atoms. The maximum absolute atomic E-state index is 12.6. The van der Waals surface area contributed by atoms with Crippen LogP contribution in [0.1, 0.15) is 26.3 Å². The van der Waals surface area contributed by atoms with E-state index in [1.165, 1.54) is 6.92 Å². The predicted octanol–water partition coefficient (Wildman–Crippen LogP) is -1.35. The predicted molar refractivity (Wildman–Crippen MR) is 56.6 cm³/mol. The van der Waals surface area contributed by atoms with E-state index in [0.29, 0.717) is 6.07 Å². The van der Waals surface area contributed by atoms with Gasteiger partial charge < -0.3 is 17.7 Å². The number of carbonyl (C=O) groups is 2. The molecule has 0 aliphatic rings. The number of rotatable bonds is 3. The molecule has 92 valence electrons. The summed E-state index contributed by atoms with van der Waals surface area (Å²) in [5.74, 6) is -0.896. The van der Waals surface area contributed by atoms with Gasteiger partial charge in [0, 0.05) is 5.56 Å². The Kier molecular flexibility index (Phi) is 6.80. The van der Waals surface area contributed by atoms with Crippen LogP contribution in [-0.4, -0.2) is 26.3 Å². The van der Waals surface area contributed by atoms with Gasteiger partial charge in [0.05, 0.1) is 12.7 Å². The molecule has 0 saturated carbocycles. The Morgan fingerprint density at radius 2 is 1.89 bits per heavy atom. The van der Waals surface area contributed by atoms with Gasteiger partial charge in [-0.2, -0.15) is 0 Å². The number of benzene rings is 1. The van der Waals surface area contributed by atoms with Gasteiger partial charge in [0.1, 0.15) is 6.29 Å².